The summed E-state index contributed by atoms with van der Waals surface area (Å²) >= 11 is 0. The topological polar surface area (TPSA) is 102 Å². The van der Waals surface area contributed by atoms with Gasteiger partial charge in [0.1, 0.15) is 11.9 Å². The highest BCUT2D eigenvalue weighted by Crippen LogP contribution is 2.39. The van der Waals surface area contributed by atoms with Crippen LogP contribution in [0.1, 0.15) is 22.3 Å². The molecule has 5 heteroatoms. The summed E-state index contributed by atoms with van der Waals surface area (Å²) in [5, 5.41) is 9.36. The first-order chi connectivity index (χ1) is 11.9. The van der Waals surface area contributed by atoms with E-state index in [-0.39, 0.29) is 0 Å². The Morgan fingerprint density at radius 1 is 0.960 bits per heavy atom. The zero-order valence-electron chi connectivity index (χ0n) is 14.5. The molecule has 0 amide bonds. The molecule has 0 radical (unpaired) electrons. The van der Waals surface area contributed by atoms with Gasteiger partial charge >= 0.3 is 0 Å². The smallest absolute Gasteiger partial charge is 0.164 e. The number of nitriles is 1. The van der Waals surface area contributed by atoms with Gasteiger partial charge in [0.15, 0.2) is 5.82 Å². The fourth-order valence-electron chi connectivity index (χ4n) is 3.26. The molecule has 0 spiro atoms. The highest BCUT2D eigenvalue weighted by atomic mass is 14.9. The van der Waals surface area contributed by atoms with Gasteiger partial charge < -0.3 is 11.5 Å². The molecule has 0 aliphatic carbocycles. The minimum atomic E-state index is 0.357. The number of benzene rings is 2. The lowest BCUT2D eigenvalue weighted by molar-refractivity contribution is 1.18. The molecule has 0 saturated carbocycles. The molecule has 0 unspecified atom stereocenters. The number of nitrogens with zero attached hydrogens (tertiary/aromatic N) is 3. The Morgan fingerprint density at radius 2 is 1.64 bits per heavy atom. The summed E-state index contributed by atoms with van der Waals surface area (Å²) in [7, 11) is 0. The number of hydrogen-bond donors (Lipinski definition) is 2. The summed E-state index contributed by atoms with van der Waals surface area (Å²) in [5.74, 6) is 0.777. The van der Waals surface area contributed by atoms with Gasteiger partial charge in [0.25, 0.3) is 0 Å². The largest absolute Gasteiger partial charge is 0.397 e. The van der Waals surface area contributed by atoms with Crippen LogP contribution in [0.2, 0.25) is 0 Å². The van der Waals surface area contributed by atoms with Crippen LogP contribution in [0.3, 0.4) is 0 Å². The van der Waals surface area contributed by atoms with Crippen LogP contribution in [0.5, 0.6) is 0 Å². The van der Waals surface area contributed by atoms with Crippen molar-refractivity contribution in [1.82, 2.24) is 9.97 Å². The lowest BCUT2D eigenvalue weighted by atomic mass is 9.89. The van der Waals surface area contributed by atoms with E-state index in [1.165, 1.54) is 5.56 Å². The van der Waals surface area contributed by atoms with Crippen LogP contribution < -0.4 is 11.5 Å². The molecule has 3 rings (SSSR count). The minimum Gasteiger partial charge on any atom is -0.397 e. The number of aryl methyl sites for hydroxylation is 3. The van der Waals surface area contributed by atoms with Gasteiger partial charge in [-0.2, -0.15) is 5.26 Å². The maximum absolute atomic E-state index is 9.36. The summed E-state index contributed by atoms with van der Waals surface area (Å²) in [5.41, 5.74) is 19.0. The number of aromatic nitrogens is 2. The summed E-state index contributed by atoms with van der Waals surface area (Å²) < 4.78 is 0. The van der Waals surface area contributed by atoms with Crippen LogP contribution in [0.25, 0.3) is 22.5 Å². The summed E-state index contributed by atoms with van der Waals surface area (Å²) in [6.07, 6.45) is 1.59. The third-order valence-corrected chi connectivity index (χ3v) is 4.21. The maximum atomic E-state index is 9.36. The molecule has 5 nitrogen and oxygen atoms in total. The Morgan fingerprint density at radius 3 is 2.24 bits per heavy atom. The highest BCUT2D eigenvalue weighted by Gasteiger charge is 2.19. The minimum absolute atomic E-state index is 0.357. The van der Waals surface area contributed by atoms with Crippen molar-refractivity contribution in [3.63, 3.8) is 0 Å². The van der Waals surface area contributed by atoms with Crippen LogP contribution in [0, 0.1) is 32.1 Å². The van der Waals surface area contributed by atoms with E-state index >= 15 is 0 Å². The van der Waals surface area contributed by atoms with Crippen LogP contribution in [-0.2, 0) is 0 Å². The molecule has 0 saturated heterocycles. The van der Waals surface area contributed by atoms with Crippen molar-refractivity contribution in [2.24, 2.45) is 0 Å². The van der Waals surface area contributed by atoms with Crippen molar-refractivity contribution >= 4 is 11.5 Å². The average molecular weight is 329 g/mol. The maximum Gasteiger partial charge on any atom is 0.164 e. The van der Waals surface area contributed by atoms with E-state index in [9.17, 15) is 5.26 Å². The molecule has 0 atom stereocenters. The molecule has 1 aromatic heterocycles. The highest BCUT2D eigenvalue weighted by molar-refractivity contribution is 5.93. The molecule has 1 heterocycles. The zero-order valence-corrected chi connectivity index (χ0v) is 14.5. The third kappa shape index (κ3) is 2.90. The normalized spacial score (nSPS) is 10.5. The molecule has 0 fully saturated rings. The van der Waals surface area contributed by atoms with Crippen molar-refractivity contribution in [3.8, 4) is 28.6 Å². The van der Waals surface area contributed by atoms with Crippen LogP contribution in [0.4, 0.5) is 11.5 Å². The molecule has 2 aromatic carbocycles. The molecule has 3 aromatic rings. The first-order valence-corrected chi connectivity index (χ1v) is 7.92. The first kappa shape index (κ1) is 16.5. The standard InChI is InChI=1S/C20H19N5/c1-11-8-12(2)17(13(3)9-11)15-5-4-14(10-21)19(23)18(15)20-24-7-6-16(22)25-20/h4-9H,23H2,1-3H3,(H2,22,24,25). The fourth-order valence-corrected chi connectivity index (χ4v) is 3.26. The second-order valence-electron chi connectivity index (χ2n) is 6.14. The van der Waals surface area contributed by atoms with Crippen molar-refractivity contribution in [3.05, 3.63) is 58.8 Å². The molecule has 25 heavy (non-hydrogen) atoms. The SMILES string of the molecule is Cc1cc(C)c(-c2ccc(C#N)c(N)c2-c2nccc(N)n2)c(C)c1. The Hall–Kier alpha value is -3.39. The fraction of sp³-hybridized carbons (Fsp3) is 0.150. The van der Waals surface area contributed by atoms with Gasteiger partial charge in [0.2, 0.25) is 0 Å². The Kier molecular flexibility index (Phi) is 4.12. The quantitative estimate of drug-likeness (QED) is 0.697. The monoisotopic (exact) mass is 329 g/mol. The Balaban J connectivity index is 2.40. The van der Waals surface area contributed by atoms with Crippen molar-refractivity contribution in [1.29, 1.82) is 5.26 Å². The molecular weight excluding hydrogens is 310 g/mol. The first-order valence-electron chi connectivity index (χ1n) is 7.92. The van der Waals surface area contributed by atoms with E-state index < -0.39 is 0 Å². The van der Waals surface area contributed by atoms with Gasteiger partial charge in [0, 0.05) is 6.20 Å². The van der Waals surface area contributed by atoms with E-state index in [1.807, 2.05) is 6.07 Å². The van der Waals surface area contributed by atoms with Crippen molar-refractivity contribution in [2.75, 3.05) is 11.5 Å². The third-order valence-electron chi connectivity index (χ3n) is 4.21. The Bertz CT molecular complexity index is 992. The van der Waals surface area contributed by atoms with Gasteiger partial charge in [-0.3, -0.25) is 0 Å². The average Bonchev–Trinajstić information content (AvgIpc) is 2.54. The molecule has 0 aliphatic heterocycles. The van der Waals surface area contributed by atoms with E-state index in [4.69, 9.17) is 11.5 Å². The predicted octanol–water partition coefficient (Wildman–Crippen LogP) is 3.77. The van der Waals surface area contributed by atoms with E-state index in [1.54, 1.807) is 18.3 Å². The number of hydrogen-bond acceptors (Lipinski definition) is 5. The summed E-state index contributed by atoms with van der Waals surface area (Å²) in [6.45, 7) is 6.19. The molecule has 4 N–H and O–H groups in total. The number of anilines is 2. The van der Waals surface area contributed by atoms with Gasteiger partial charge in [-0.25, -0.2) is 9.97 Å². The summed E-state index contributed by atoms with van der Waals surface area (Å²) in [4.78, 5) is 8.65. The van der Waals surface area contributed by atoms with Crippen molar-refractivity contribution in [2.45, 2.75) is 20.8 Å². The van der Waals surface area contributed by atoms with Crippen LogP contribution in [0.15, 0.2) is 36.5 Å². The van der Waals surface area contributed by atoms with Crippen molar-refractivity contribution < 1.29 is 0 Å². The van der Waals surface area contributed by atoms with Gasteiger partial charge in [-0.1, -0.05) is 23.8 Å². The van der Waals surface area contributed by atoms with Crippen LogP contribution in [-0.4, -0.2) is 9.97 Å². The van der Waals surface area contributed by atoms with E-state index in [0.717, 1.165) is 22.3 Å². The molecular formula is C20H19N5. The van der Waals surface area contributed by atoms with E-state index in [2.05, 4.69) is 48.9 Å². The number of nitrogens with two attached hydrogens (primary N) is 2. The Labute approximate surface area is 147 Å². The number of rotatable bonds is 2. The number of nitrogen functional groups attached to an aromatic ring is 2. The second kappa shape index (κ2) is 6.25. The predicted molar refractivity (Wildman–Crippen MR) is 101 cm³/mol. The van der Waals surface area contributed by atoms with Gasteiger partial charge in [0.05, 0.1) is 16.8 Å². The van der Waals surface area contributed by atoms with Crippen LogP contribution >= 0.6 is 0 Å². The molecule has 0 bridgehead atoms. The zero-order chi connectivity index (χ0) is 18.1. The van der Waals surface area contributed by atoms with E-state index in [0.29, 0.717) is 28.5 Å². The molecule has 124 valence electrons. The lowest BCUT2D eigenvalue weighted by Gasteiger charge is -2.17. The second-order valence-corrected chi connectivity index (χ2v) is 6.14. The summed E-state index contributed by atoms with van der Waals surface area (Å²) in [6, 6.07) is 11.6. The lowest BCUT2D eigenvalue weighted by Crippen LogP contribution is -2.03. The van der Waals surface area contributed by atoms with Gasteiger partial charge in [-0.05, 0) is 55.2 Å². The van der Waals surface area contributed by atoms with Gasteiger partial charge in [-0.15, -0.1) is 0 Å². The molecule has 0 aliphatic rings.